The Morgan fingerprint density at radius 1 is 1.10 bits per heavy atom. The molecule has 3 N–H and O–H groups in total. The highest BCUT2D eigenvalue weighted by molar-refractivity contribution is 6.31. The number of fused-ring (bicyclic) bond motifs is 1. The zero-order valence-electron chi connectivity index (χ0n) is 10.6. The lowest BCUT2D eigenvalue weighted by molar-refractivity contribution is -0.117. The van der Waals surface area contributed by atoms with Crippen molar-refractivity contribution in [2.24, 2.45) is 0 Å². The fourth-order valence-corrected chi connectivity index (χ4v) is 2.40. The van der Waals surface area contributed by atoms with E-state index in [2.05, 4.69) is 10.6 Å². The van der Waals surface area contributed by atoms with E-state index in [9.17, 15) is 9.90 Å². The van der Waals surface area contributed by atoms with Crippen molar-refractivity contribution in [2.75, 3.05) is 10.6 Å². The number of phenolic OH excluding ortho intramolecular Hbond substituents is 1. The van der Waals surface area contributed by atoms with E-state index in [4.69, 9.17) is 11.6 Å². The monoisotopic (exact) mass is 288 g/mol. The van der Waals surface area contributed by atoms with Crippen LogP contribution in [0.15, 0.2) is 42.5 Å². The zero-order valence-corrected chi connectivity index (χ0v) is 11.3. The van der Waals surface area contributed by atoms with Crippen molar-refractivity contribution in [3.05, 3.63) is 53.1 Å². The number of carbonyl (C=O) groups is 1. The lowest BCUT2D eigenvalue weighted by Crippen LogP contribution is -2.40. The number of hydrogen-bond acceptors (Lipinski definition) is 3. The van der Waals surface area contributed by atoms with Gasteiger partial charge in [-0.05, 0) is 35.9 Å². The quantitative estimate of drug-likeness (QED) is 0.796. The first kappa shape index (κ1) is 12.8. The number of carbonyl (C=O) groups excluding carboxylic acids is 1. The van der Waals surface area contributed by atoms with E-state index in [1.165, 1.54) is 0 Å². The van der Waals surface area contributed by atoms with Gasteiger partial charge in [-0.1, -0.05) is 23.7 Å². The summed E-state index contributed by atoms with van der Waals surface area (Å²) in [5.41, 5.74) is 2.53. The van der Waals surface area contributed by atoms with Crippen LogP contribution in [0.25, 0.3) is 0 Å². The molecule has 0 radical (unpaired) electrons. The van der Waals surface area contributed by atoms with Crippen molar-refractivity contribution >= 4 is 28.9 Å². The highest BCUT2D eigenvalue weighted by atomic mass is 35.5. The number of phenols is 1. The van der Waals surface area contributed by atoms with Gasteiger partial charge in [-0.3, -0.25) is 4.79 Å². The Morgan fingerprint density at radius 3 is 2.60 bits per heavy atom. The fraction of sp³-hybridized carbons (Fsp3) is 0.133. The minimum Gasteiger partial charge on any atom is -0.508 e. The normalized spacial score (nSPS) is 17.1. The number of aromatic hydroxyl groups is 1. The Bertz CT molecular complexity index is 655. The molecule has 0 aliphatic carbocycles. The van der Waals surface area contributed by atoms with Crippen LogP contribution >= 0.6 is 11.6 Å². The Morgan fingerprint density at radius 2 is 1.85 bits per heavy atom. The summed E-state index contributed by atoms with van der Waals surface area (Å²) in [6, 6.07) is 11.8. The van der Waals surface area contributed by atoms with Crippen LogP contribution in [0.2, 0.25) is 5.02 Å². The van der Waals surface area contributed by atoms with Crippen LogP contribution in [0.3, 0.4) is 0 Å². The average molecular weight is 289 g/mol. The maximum atomic E-state index is 12.1. The summed E-state index contributed by atoms with van der Waals surface area (Å²) in [6.45, 7) is 0. The third-order valence-corrected chi connectivity index (χ3v) is 3.50. The third kappa shape index (κ3) is 2.56. The van der Waals surface area contributed by atoms with Crippen molar-refractivity contribution in [3.63, 3.8) is 0 Å². The molecular formula is C15H13ClN2O2. The van der Waals surface area contributed by atoms with Gasteiger partial charge in [0.05, 0.1) is 11.4 Å². The maximum absolute atomic E-state index is 12.1. The number of anilines is 2. The predicted octanol–water partition coefficient (Wildman–Crippen LogP) is 3.02. The second-order valence-electron chi connectivity index (χ2n) is 4.75. The van der Waals surface area contributed by atoms with E-state index in [0.717, 1.165) is 16.9 Å². The van der Waals surface area contributed by atoms with Crippen molar-refractivity contribution < 1.29 is 9.90 Å². The fourth-order valence-electron chi connectivity index (χ4n) is 2.23. The molecule has 0 spiro atoms. The van der Waals surface area contributed by atoms with E-state index in [-0.39, 0.29) is 17.7 Å². The van der Waals surface area contributed by atoms with Crippen LogP contribution in [0, 0.1) is 0 Å². The molecule has 0 saturated carbocycles. The largest absolute Gasteiger partial charge is 0.508 e. The van der Waals surface area contributed by atoms with Crippen molar-refractivity contribution in [1.29, 1.82) is 0 Å². The molecule has 20 heavy (non-hydrogen) atoms. The summed E-state index contributed by atoms with van der Waals surface area (Å²) in [4.78, 5) is 12.1. The van der Waals surface area contributed by atoms with Gasteiger partial charge < -0.3 is 15.7 Å². The van der Waals surface area contributed by atoms with Crippen molar-refractivity contribution in [2.45, 2.75) is 12.5 Å². The first-order valence-electron chi connectivity index (χ1n) is 6.27. The smallest absolute Gasteiger partial charge is 0.247 e. The summed E-state index contributed by atoms with van der Waals surface area (Å²) < 4.78 is 0. The second-order valence-corrected chi connectivity index (χ2v) is 5.18. The SMILES string of the molecule is O=C1Nc2ccc(Cl)cc2NC1Cc1ccc(O)cc1. The minimum atomic E-state index is -0.356. The molecule has 2 aromatic carbocycles. The van der Waals surface area contributed by atoms with Crippen molar-refractivity contribution in [3.8, 4) is 5.75 Å². The van der Waals surface area contributed by atoms with Gasteiger partial charge in [0.2, 0.25) is 5.91 Å². The predicted molar refractivity (Wildman–Crippen MR) is 79.3 cm³/mol. The lowest BCUT2D eigenvalue weighted by atomic mass is 10.0. The Hall–Kier alpha value is -2.20. The number of rotatable bonds is 2. The zero-order chi connectivity index (χ0) is 14.1. The van der Waals surface area contributed by atoms with E-state index < -0.39 is 0 Å². The van der Waals surface area contributed by atoms with Crippen molar-refractivity contribution in [1.82, 2.24) is 0 Å². The molecule has 102 valence electrons. The average Bonchev–Trinajstić information content (AvgIpc) is 2.42. The van der Waals surface area contributed by atoms with Gasteiger partial charge in [0.25, 0.3) is 0 Å². The molecule has 1 aliphatic heterocycles. The number of benzene rings is 2. The molecule has 1 amide bonds. The first-order chi connectivity index (χ1) is 9.61. The molecular weight excluding hydrogens is 276 g/mol. The Labute approximate surface area is 121 Å². The Kier molecular flexibility index (Phi) is 3.24. The number of nitrogens with one attached hydrogen (secondary N) is 2. The van der Waals surface area contributed by atoms with Crippen LogP contribution in [0.5, 0.6) is 5.75 Å². The maximum Gasteiger partial charge on any atom is 0.247 e. The molecule has 2 aromatic rings. The summed E-state index contributed by atoms with van der Waals surface area (Å²) in [5.74, 6) is 0.139. The Balaban J connectivity index is 1.81. The van der Waals surface area contributed by atoms with E-state index in [0.29, 0.717) is 11.4 Å². The molecule has 1 unspecified atom stereocenters. The van der Waals surface area contributed by atoms with Crippen LogP contribution in [0.1, 0.15) is 5.56 Å². The summed E-state index contributed by atoms with van der Waals surface area (Å²) >= 11 is 5.96. The van der Waals surface area contributed by atoms with Gasteiger partial charge in [0.15, 0.2) is 0 Å². The van der Waals surface area contributed by atoms with Gasteiger partial charge in [0, 0.05) is 11.4 Å². The molecule has 4 nitrogen and oxygen atoms in total. The molecule has 1 heterocycles. The minimum absolute atomic E-state index is 0.0760. The van der Waals surface area contributed by atoms with Crippen LogP contribution < -0.4 is 10.6 Å². The number of amides is 1. The van der Waals surface area contributed by atoms with E-state index in [1.807, 2.05) is 0 Å². The summed E-state index contributed by atoms with van der Waals surface area (Å²) in [7, 11) is 0. The highest BCUT2D eigenvalue weighted by Crippen LogP contribution is 2.30. The molecule has 3 rings (SSSR count). The second kappa shape index (κ2) is 5.06. The molecule has 0 fully saturated rings. The highest BCUT2D eigenvalue weighted by Gasteiger charge is 2.25. The molecule has 5 heteroatoms. The topological polar surface area (TPSA) is 61.4 Å². The molecule has 1 aliphatic rings. The molecule has 0 saturated heterocycles. The molecule has 0 bridgehead atoms. The van der Waals surface area contributed by atoms with Gasteiger partial charge in [-0.2, -0.15) is 0 Å². The molecule has 0 aromatic heterocycles. The summed E-state index contributed by atoms with van der Waals surface area (Å²) in [6.07, 6.45) is 0.540. The van der Waals surface area contributed by atoms with Gasteiger partial charge in [-0.25, -0.2) is 0 Å². The number of hydrogen-bond donors (Lipinski definition) is 3. The first-order valence-corrected chi connectivity index (χ1v) is 6.64. The number of halogens is 1. The van der Waals surface area contributed by atoms with Crippen LogP contribution in [-0.2, 0) is 11.2 Å². The van der Waals surface area contributed by atoms with Gasteiger partial charge >= 0.3 is 0 Å². The summed E-state index contributed by atoms with van der Waals surface area (Å²) in [5, 5.41) is 15.9. The third-order valence-electron chi connectivity index (χ3n) is 3.26. The van der Waals surface area contributed by atoms with Gasteiger partial charge in [-0.15, -0.1) is 0 Å². The van der Waals surface area contributed by atoms with Crippen LogP contribution in [0.4, 0.5) is 11.4 Å². The molecule has 1 atom stereocenters. The lowest BCUT2D eigenvalue weighted by Gasteiger charge is -2.27. The van der Waals surface area contributed by atoms with Gasteiger partial charge in [0.1, 0.15) is 11.8 Å². The van der Waals surface area contributed by atoms with Crippen LogP contribution in [-0.4, -0.2) is 17.1 Å². The standard InChI is InChI=1S/C15H13ClN2O2/c16-10-3-6-12-13(8-10)17-14(15(20)18-12)7-9-1-4-11(19)5-2-9/h1-6,8,14,17,19H,7H2,(H,18,20). The van der Waals surface area contributed by atoms with E-state index in [1.54, 1.807) is 42.5 Å². The van der Waals surface area contributed by atoms with E-state index >= 15 is 0 Å².